The van der Waals surface area contributed by atoms with E-state index in [4.69, 9.17) is 0 Å². The Kier molecular flexibility index (Phi) is 3.76. The summed E-state index contributed by atoms with van der Waals surface area (Å²) in [6.45, 7) is 0. The molecule has 0 bridgehead atoms. The van der Waals surface area contributed by atoms with Gasteiger partial charge >= 0.3 is 0 Å². The van der Waals surface area contributed by atoms with Gasteiger partial charge in [-0.1, -0.05) is 30.4 Å². The molecule has 0 aromatic carbocycles. The summed E-state index contributed by atoms with van der Waals surface area (Å²) >= 11 is 4.34. The molecule has 0 atom stereocenters. The van der Waals surface area contributed by atoms with Crippen molar-refractivity contribution in [2.75, 3.05) is 0 Å². The van der Waals surface area contributed by atoms with E-state index in [0.717, 1.165) is 0 Å². The van der Waals surface area contributed by atoms with Crippen LogP contribution in [0.4, 0.5) is 0 Å². The van der Waals surface area contributed by atoms with Crippen LogP contribution >= 0.6 is 12.2 Å². The molecule has 64 valence electrons. The molecule has 0 unspecified atom stereocenters. The van der Waals surface area contributed by atoms with Crippen molar-refractivity contribution in [2.45, 2.75) is 0 Å². The molecule has 0 radical (unpaired) electrons. The molecule has 3 heteroatoms. The number of rotatable bonds is 1. The van der Waals surface area contributed by atoms with Crippen molar-refractivity contribution < 1.29 is 4.79 Å². The average molecular weight is 189 g/mol. The van der Waals surface area contributed by atoms with Crippen LogP contribution in [0.1, 0.15) is 0 Å². The predicted octanol–water partition coefficient (Wildman–Crippen LogP) is 2.22. The van der Waals surface area contributed by atoms with Crippen LogP contribution in [0.25, 0.3) is 0 Å². The van der Waals surface area contributed by atoms with E-state index >= 15 is 0 Å². The Morgan fingerprint density at radius 3 is 2.69 bits per heavy atom. The summed E-state index contributed by atoms with van der Waals surface area (Å²) in [6, 6.07) is 0. The van der Waals surface area contributed by atoms with Gasteiger partial charge in [-0.25, -0.2) is 0 Å². The largest absolute Gasteiger partial charge is 0.285 e. The summed E-state index contributed by atoms with van der Waals surface area (Å²) in [6.07, 6.45) is 12.4. The maximum atomic E-state index is 11.2. The molecule has 0 aliphatic heterocycles. The Morgan fingerprint density at radius 2 is 1.92 bits per heavy atom. The summed E-state index contributed by atoms with van der Waals surface area (Å²) in [7, 11) is 0. The lowest BCUT2D eigenvalue weighted by atomic mass is 10.2. The third-order valence-corrected chi connectivity index (χ3v) is 1.48. The fraction of sp³-hybridized carbons (Fsp3) is 0. The summed E-state index contributed by atoms with van der Waals surface area (Å²) in [4.78, 5) is 14.6. The molecule has 0 fully saturated rings. The Hall–Kier alpha value is -1.57. The molecule has 0 aromatic heterocycles. The van der Waals surface area contributed by atoms with E-state index in [1.54, 1.807) is 24.3 Å². The lowest BCUT2D eigenvalue weighted by Gasteiger charge is -1.92. The molecule has 1 aliphatic rings. The first-order valence-electron chi connectivity index (χ1n) is 3.68. The molecule has 0 saturated carbocycles. The summed E-state index contributed by atoms with van der Waals surface area (Å²) < 4.78 is 0. The second-order valence-corrected chi connectivity index (χ2v) is 2.44. The van der Waals surface area contributed by atoms with Crippen molar-refractivity contribution in [3.05, 3.63) is 48.1 Å². The SMILES string of the molecule is O=C(N=C=S)C1=C/C=C\C=C/C=C1. The van der Waals surface area contributed by atoms with E-state index in [-0.39, 0.29) is 5.91 Å². The van der Waals surface area contributed by atoms with E-state index in [2.05, 4.69) is 17.2 Å². The van der Waals surface area contributed by atoms with Gasteiger partial charge in [0.25, 0.3) is 5.91 Å². The summed E-state index contributed by atoms with van der Waals surface area (Å²) in [5.41, 5.74) is 0.498. The molecule has 0 spiro atoms. The number of allylic oxidation sites excluding steroid dienone is 6. The van der Waals surface area contributed by atoms with Gasteiger partial charge in [-0.15, -0.1) is 0 Å². The van der Waals surface area contributed by atoms with E-state index in [1.807, 2.05) is 23.4 Å². The molecule has 1 aliphatic carbocycles. The molecule has 1 rings (SSSR count). The van der Waals surface area contributed by atoms with Crippen LogP contribution in [-0.4, -0.2) is 11.1 Å². The zero-order valence-electron chi connectivity index (χ0n) is 6.81. The Balaban J connectivity index is 2.90. The van der Waals surface area contributed by atoms with Gasteiger partial charge in [0, 0.05) is 5.57 Å². The first-order chi connectivity index (χ1) is 6.34. The fourth-order valence-corrected chi connectivity index (χ4v) is 0.898. The minimum atomic E-state index is -0.369. The molecule has 0 aromatic rings. The van der Waals surface area contributed by atoms with E-state index < -0.39 is 0 Å². The van der Waals surface area contributed by atoms with Crippen molar-refractivity contribution in [1.82, 2.24) is 0 Å². The topological polar surface area (TPSA) is 29.4 Å². The smallest absolute Gasteiger partial charge is 0.266 e. The van der Waals surface area contributed by atoms with E-state index in [9.17, 15) is 4.79 Å². The van der Waals surface area contributed by atoms with Crippen LogP contribution in [0.5, 0.6) is 0 Å². The maximum Gasteiger partial charge on any atom is 0.285 e. The molecule has 13 heavy (non-hydrogen) atoms. The average Bonchev–Trinajstić information content (AvgIpc) is 2.03. The van der Waals surface area contributed by atoms with Crippen LogP contribution in [0.3, 0.4) is 0 Å². The first kappa shape index (κ1) is 9.52. The van der Waals surface area contributed by atoms with Crippen molar-refractivity contribution in [1.29, 1.82) is 0 Å². The second kappa shape index (κ2) is 5.14. The number of amides is 1. The fourth-order valence-electron chi connectivity index (χ4n) is 0.815. The van der Waals surface area contributed by atoms with Crippen LogP contribution in [0.15, 0.2) is 53.1 Å². The number of hydrogen-bond acceptors (Lipinski definition) is 2. The molecular formula is C10H7NOS. The number of thiocarbonyl (C=S) groups is 1. The number of hydrogen-bond donors (Lipinski definition) is 0. The maximum absolute atomic E-state index is 11.2. The lowest BCUT2D eigenvalue weighted by molar-refractivity contribution is -0.114. The highest BCUT2D eigenvalue weighted by molar-refractivity contribution is 7.78. The molecule has 2 nitrogen and oxygen atoms in total. The third kappa shape index (κ3) is 3.11. The van der Waals surface area contributed by atoms with Gasteiger partial charge in [0.05, 0.1) is 5.16 Å². The number of isothiocyanates is 1. The molecule has 0 N–H and O–H groups in total. The first-order valence-corrected chi connectivity index (χ1v) is 4.09. The van der Waals surface area contributed by atoms with Gasteiger partial charge in [-0.3, -0.25) is 4.79 Å². The Labute approximate surface area is 81.7 Å². The highest BCUT2D eigenvalue weighted by atomic mass is 32.1. The zero-order chi connectivity index (χ0) is 9.52. The van der Waals surface area contributed by atoms with Crippen molar-refractivity contribution in [3.63, 3.8) is 0 Å². The summed E-state index contributed by atoms with van der Waals surface area (Å²) in [5.74, 6) is -0.369. The molecule has 0 heterocycles. The highest BCUT2D eigenvalue weighted by Crippen LogP contribution is 2.03. The number of carbonyl (C=O) groups excluding carboxylic acids is 1. The summed E-state index contributed by atoms with van der Waals surface area (Å²) in [5, 5.41) is 2.04. The number of aliphatic imine (C=N–C) groups is 1. The van der Waals surface area contributed by atoms with Gasteiger partial charge in [-0.2, -0.15) is 4.99 Å². The van der Waals surface area contributed by atoms with Gasteiger partial charge in [0.1, 0.15) is 0 Å². The van der Waals surface area contributed by atoms with Crippen LogP contribution in [-0.2, 0) is 4.79 Å². The number of carbonyl (C=O) groups is 1. The van der Waals surface area contributed by atoms with Crippen LogP contribution < -0.4 is 0 Å². The molecular weight excluding hydrogens is 182 g/mol. The van der Waals surface area contributed by atoms with Crippen molar-refractivity contribution in [2.24, 2.45) is 4.99 Å². The monoisotopic (exact) mass is 189 g/mol. The zero-order valence-corrected chi connectivity index (χ0v) is 7.62. The minimum absolute atomic E-state index is 0.369. The van der Waals surface area contributed by atoms with Gasteiger partial charge in [-0.05, 0) is 24.4 Å². The normalized spacial score (nSPS) is 18.9. The third-order valence-electron chi connectivity index (χ3n) is 1.39. The molecule has 1 amide bonds. The van der Waals surface area contributed by atoms with Crippen LogP contribution in [0.2, 0.25) is 0 Å². The lowest BCUT2D eigenvalue weighted by Crippen LogP contribution is -1.95. The molecule has 0 saturated heterocycles. The minimum Gasteiger partial charge on any atom is -0.266 e. The van der Waals surface area contributed by atoms with Gasteiger partial charge in [0.15, 0.2) is 0 Å². The quantitative estimate of drug-likeness (QED) is 0.467. The van der Waals surface area contributed by atoms with Gasteiger partial charge in [0.2, 0.25) is 0 Å². The van der Waals surface area contributed by atoms with Crippen molar-refractivity contribution >= 4 is 23.3 Å². The second-order valence-electron chi connectivity index (χ2n) is 2.26. The highest BCUT2D eigenvalue weighted by Gasteiger charge is 2.01. The van der Waals surface area contributed by atoms with E-state index in [0.29, 0.717) is 5.57 Å². The Bertz CT molecular complexity index is 368. The van der Waals surface area contributed by atoms with E-state index in [1.165, 1.54) is 0 Å². The Morgan fingerprint density at radius 1 is 1.23 bits per heavy atom. The predicted molar refractivity (Wildman–Crippen MR) is 55.5 cm³/mol. The van der Waals surface area contributed by atoms with Crippen LogP contribution in [0, 0.1) is 0 Å². The van der Waals surface area contributed by atoms with Crippen molar-refractivity contribution in [3.8, 4) is 0 Å². The van der Waals surface area contributed by atoms with Gasteiger partial charge < -0.3 is 0 Å². The number of nitrogens with zero attached hydrogens (tertiary/aromatic N) is 1. The standard InChI is InChI=1S/C10H7NOS/c12-10(11-8-13)9-6-4-2-1-3-5-7-9/h1-7H/b2-1-,3-1?,4-2?,5-3-,6-4?,7-5?,9-6?,9-7?.